The van der Waals surface area contributed by atoms with Crippen LogP contribution in [0.3, 0.4) is 0 Å². The molecule has 8 nitrogen and oxygen atoms in total. The number of aryl methyl sites for hydroxylation is 1. The van der Waals surface area contributed by atoms with E-state index in [1.165, 1.54) is 29.0 Å². The molecule has 11 heteroatoms. The summed E-state index contributed by atoms with van der Waals surface area (Å²) in [5.41, 5.74) is 2.60. The van der Waals surface area contributed by atoms with Crippen LogP contribution in [0.2, 0.25) is 0 Å². The van der Waals surface area contributed by atoms with Gasteiger partial charge in [0.25, 0.3) is 0 Å². The summed E-state index contributed by atoms with van der Waals surface area (Å²) in [6.45, 7) is 2.62. The molecule has 3 N–H and O–H groups in total. The molecule has 160 valence electrons. The molecule has 0 saturated heterocycles. The van der Waals surface area contributed by atoms with Gasteiger partial charge >= 0.3 is 6.03 Å². The molecule has 31 heavy (non-hydrogen) atoms. The van der Waals surface area contributed by atoms with Crippen LogP contribution in [0.25, 0.3) is 10.2 Å². The average molecular weight is 473 g/mol. The van der Waals surface area contributed by atoms with E-state index >= 15 is 0 Å². The number of carbonyl (C=O) groups is 1. The highest BCUT2D eigenvalue weighted by molar-refractivity contribution is 7.92. The van der Waals surface area contributed by atoms with E-state index in [0.29, 0.717) is 11.7 Å². The first-order valence-corrected chi connectivity index (χ1v) is 12.6. The number of nitrogens with one attached hydrogen (secondary N) is 3. The second-order valence-corrected chi connectivity index (χ2v) is 10.5. The maximum absolute atomic E-state index is 12.2. The SMILES string of the molecule is Cc1cccc(NC(=O)Nc2ncc(CCNc3ncnc4cc([S+](C)[O-])sc34)s2)c1. The minimum absolute atomic E-state index is 0.324. The minimum atomic E-state index is -1.05. The number of anilines is 3. The van der Waals surface area contributed by atoms with Crippen LogP contribution < -0.4 is 16.0 Å². The highest BCUT2D eigenvalue weighted by Crippen LogP contribution is 2.31. The first-order chi connectivity index (χ1) is 15.0. The predicted octanol–water partition coefficient (Wildman–Crippen LogP) is 4.49. The Kier molecular flexibility index (Phi) is 6.66. The van der Waals surface area contributed by atoms with Gasteiger partial charge in [0.1, 0.15) is 23.1 Å². The van der Waals surface area contributed by atoms with E-state index < -0.39 is 11.2 Å². The second-order valence-electron chi connectivity index (χ2n) is 6.71. The molecule has 4 aromatic rings. The number of hydrogen-bond donors (Lipinski definition) is 3. The number of carbonyl (C=O) groups excluding carboxylic acids is 1. The van der Waals surface area contributed by atoms with Crippen molar-refractivity contribution in [3.05, 3.63) is 53.3 Å². The number of nitrogens with zero attached hydrogens (tertiary/aromatic N) is 3. The van der Waals surface area contributed by atoms with Gasteiger partial charge in [-0.3, -0.25) is 5.32 Å². The van der Waals surface area contributed by atoms with Gasteiger partial charge < -0.3 is 15.2 Å². The normalized spacial score (nSPS) is 12.0. The summed E-state index contributed by atoms with van der Waals surface area (Å²) in [5.74, 6) is 0.729. The zero-order chi connectivity index (χ0) is 21.8. The number of benzene rings is 1. The number of thiophene rings is 1. The molecule has 0 aliphatic rings. The molecule has 0 aliphatic heterocycles. The van der Waals surface area contributed by atoms with Crippen LogP contribution in [0.5, 0.6) is 0 Å². The lowest BCUT2D eigenvalue weighted by Gasteiger charge is -2.06. The van der Waals surface area contributed by atoms with Gasteiger partial charge in [-0.15, -0.1) is 11.3 Å². The van der Waals surface area contributed by atoms with Gasteiger partial charge in [-0.05, 0) is 35.8 Å². The number of thiazole rings is 1. The predicted molar refractivity (Wildman–Crippen MR) is 128 cm³/mol. The van der Waals surface area contributed by atoms with Gasteiger partial charge in [0.2, 0.25) is 4.21 Å². The van der Waals surface area contributed by atoms with E-state index in [2.05, 4.69) is 30.9 Å². The topological polar surface area (TPSA) is 115 Å². The maximum atomic E-state index is 12.2. The monoisotopic (exact) mass is 472 g/mol. The summed E-state index contributed by atoms with van der Waals surface area (Å²) >= 11 is 1.82. The Bertz CT molecular complexity index is 1210. The van der Waals surface area contributed by atoms with Gasteiger partial charge in [-0.25, -0.2) is 19.7 Å². The van der Waals surface area contributed by atoms with E-state index in [9.17, 15) is 9.35 Å². The summed E-state index contributed by atoms with van der Waals surface area (Å²) in [4.78, 5) is 26.0. The number of fused-ring (bicyclic) bond motifs is 1. The summed E-state index contributed by atoms with van der Waals surface area (Å²) in [6, 6.07) is 9.12. The molecule has 0 fully saturated rings. The number of aromatic nitrogens is 3. The molecule has 1 unspecified atom stereocenters. The van der Waals surface area contributed by atoms with Crippen molar-refractivity contribution in [2.45, 2.75) is 17.6 Å². The van der Waals surface area contributed by atoms with Gasteiger partial charge in [-0.1, -0.05) is 23.5 Å². The highest BCUT2D eigenvalue weighted by atomic mass is 32.2. The van der Waals surface area contributed by atoms with Crippen molar-refractivity contribution >= 4 is 66.7 Å². The van der Waals surface area contributed by atoms with Gasteiger partial charge in [0.15, 0.2) is 5.13 Å². The third-order valence-corrected chi connectivity index (χ3v) is 7.82. The van der Waals surface area contributed by atoms with Crippen LogP contribution in [0, 0.1) is 6.92 Å². The Morgan fingerprint density at radius 1 is 1.16 bits per heavy atom. The molecule has 0 bridgehead atoms. The minimum Gasteiger partial charge on any atom is -0.611 e. The van der Waals surface area contributed by atoms with E-state index in [0.717, 1.165) is 42.8 Å². The summed E-state index contributed by atoms with van der Waals surface area (Å²) in [5, 5.41) is 9.42. The Morgan fingerprint density at radius 2 is 2.03 bits per heavy atom. The van der Waals surface area contributed by atoms with Gasteiger partial charge in [0.05, 0.1) is 5.52 Å². The highest BCUT2D eigenvalue weighted by Gasteiger charge is 2.14. The Balaban J connectivity index is 1.31. The lowest BCUT2D eigenvalue weighted by Crippen LogP contribution is -2.19. The quantitative estimate of drug-likeness (QED) is 0.341. The Hall–Kier alpha value is -2.73. The van der Waals surface area contributed by atoms with Crippen LogP contribution in [-0.4, -0.2) is 38.3 Å². The maximum Gasteiger partial charge on any atom is 0.325 e. The standard InChI is InChI=1S/C20H20N6O2S3/c1-12-4-3-5-13(8-12)25-19(27)26-20-22-10-14(29-20)6-7-21-18-17-15(23-11-24-18)9-16(30-17)31(2)28/h3-5,8-11H,6-7H2,1-2H3,(H,21,23,24)(H2,22,25,26,27). The molecule has 0 aliphatic carbocycles. The van der Waals surface area contributed by atoms with E-state index in [1.807, 2.05) is 37.3 Å². The van der Waals surface area contributed by atoms with E-state index in [1.54, 1.807) is 12.5 Å². The molecule has 3 heterocycles. The molecule has 1 aromatic carbocycles. The largest absolute Gasteiger partial charge is 0.611 e. The van der Waals surface area contributed by atoms with Gasteiger partial charge in [0, 0.05) is 35.8 Å². The number of urea groups is 1. The fraction of sp³-hybridized carbons (Fsp3) is 0.200. The first-order valence-electron chi connectivity index (χ1n) is 9.39. The smallest absolute Gasteiger partial charge is 0.325 e. The molecule has 0 spiro atoms. The van der Waals surface area contributed by atoms with Gasteiger partial charge in [-0.2, -0.15) is 0 Å². The molecular formula is C20H20N6O2S3. The van der Waals surface area contributed by atoms with Crippen LogP contribution in [0.1, 0.15) is 10.4 Å². The van der Waals surface area contributed by atoms with Crippen molar-refractivity contribution < 1.29 is 9.35 Å². The van der Waals surface area contributed by atoms with Crippen molar-refractivity contribution in [3.8, 4) is 0 Å². The van der Waals surface area contributed by atoms with Crippen LogP contribution >= 0.6 is 22.7 Å². The number of amides is 2. The van der Waals surface area contributed by atoms with Crippen molar-refractivity contribution in [2.24, 2.45) is 0 Å². The zero-order valence-corrected chi connectivity index (χ0v) is 19.3. The summed E-state index contributed by atoms with van der Waals surface area (Å²) in [6.07, 6.45) is 5.64. The molecule has 4 rings (SSSR count). The lowest BCUT2D eigenvalue weighted by molar-refractivity contribution is 0.262. The van der Waals surface area contributed by atoms with E-state index in [-0.39, 0.29) is 6.03 Å². The molecule has 1 atom stereocenters. The Labute approximate surface area is 190 Å². The van der Waals surface area contributed by atoms with Crippen LogP contribution in [0.4, 0.5) is 21.4 Å². The third-order valence-electron chi connectivity index (χ3n) is 4.29. The number of rotatable bonds is 7. The van der Waals surface area contributed by atoms with Crippen molar-refractivity contribution in [3.63, 3.8) is 0 Å². The molecule has 2 amide bonds. The first kappa shape index (κ1) is 21.5. The number of hydrogen-bond acceptors (Lipinski definition) is 8. The zero-order valence-electron chi connectivity index (χ0n) is 16.8. The lowest BCUT2D eigenvalue weighted by atomic mass is 10.2. The fourth-order valence-electron chi connectivity index (χ4n) is 2.87. The second kappa shape index (κ2) is 9.60. The Morgan fingerprint density at radius 3 is 2.84 bits per heavy atom. The van der Waals surface area contributed by atoms with Crippen molar-refractivity contribution in [1.29, 1.82) is 0 Å². The fourth-order valence-corrected chi connectivity index (χ4v) is 5.48. The van der Waals surface area contributed by atoms with Crippen LogP contribution in [0.15, 0.2) is 47.1 Å². The van der Waals surface area contributed by atoms with Crippen LogP contribution in [-0.2, 0) is 17.6 Å². The van der Waals surface area contributed by atoms with E-state index in [4.69, 9.17) is 0 Å². The summed E-state index contributed by atoms with van der Waals surface area (Å²) in [7, 11) is 0. The van der Waals surface area contributed by atoms with Crippen molar-refractivity contribution in [1.82, 2.24) is 15.0 Å². The average Bonchev–Trinajstić information content (AvgIpc) is 3.35. The molecule has 0 saturated carbocycles. The third kappa shape index (κ3) is 5.50. The van der Waals surface area contributed by atoms with Crippen molar-refractivity contribution in [2.75, 3.05) is 28.8 Å². The molecular weight excluding hydrogens is 452 g/mol. The molecule has 0 radical (unpaired) electrons. The molecule has 3 aromatic heterocycles. The summed E-state index contributed by atoms with van der Waals surface area (Å²) < 4.78 is 13.4.